The number of rotatable bonds is 4. The lowest BCUT2D eigenvalue weighted by atomic mass is 10.1. The topological polar surface area (TPSA) is 77.5 Å². The fourth-order valence-electron chi connectivity index (χ4n) is 3.11. The summed E-state index contributed by atoms with van der Waals surface area (Å²) in [5, 5.41) is 0. The van der Waals surface area contributed by atoms with Crippen LogP contribution in [0.1, 0.15) is 10.4 Å². The van der Waals surface area contributed by atoms with E-state index >= 15 is 0 Å². The van der Waals surface area contributed by atoms with Crippen molar-refractivity contribution in [3.05, 3.63) is 17.7 Å². The zero-order valence-corrected chi connectivity index (χ0v) is 13.9. The molecule has 2 saturated heterocycles. The van der Waals surface area contributed by atoms with Gasteiger partial charge in [-0.25, -0.2) is 4.79 Å². The Labute approximate surface area is 139 Å². The Bertz CT molecular complexity index is 662. The summed E-state index contributed by atoms with van der Waals surface area (Å²) in [5.74, 6) is 1.03. The Morgan fingerprint density at radius 1 is 1.12 bits per heavy atom. The first-order chi connectivity index (χ1) is 11.6. The number of amides is 2. The highest BCUT2D eigenvalue weighted by Crippen LogP contribution is 2.40. The summed E-state index contributed by atoms with van der Waals surface area (Å²) >= 11 is 0. The maximum Gasteiger partial charge on any atom is 0.410 e. The minimum atomic E-state index is -0.309. The number of piperazine rings is 1. The summed E-state index contributed by atoms with van der Waals surface area (Å²) in [4.78, 5) is 27.8. The number of cyclic esters (lactones) is 1. The maximum atomic E-state index is 12.9. The zero-order valence-electron chi connectivity index (χ0n) is 13.9. The van der Waals surface area contributed by atoms with E-state index < -0.39 is 0 Å². The van der Waals surface area contributed by atoms with E-state index in [0.717, 1.165) is 0 Å². The van der Waals surface area contributed by atoms with Crippen molar-refractivity contribution in [1.29, 1.82) is 0 Å². The summed E-state index contributed by atoms with van der Waals surface area (Å²) in [6.07, 6.45) is -0.309. The third-order valence-electron chi connectivity index (χ3n) is 4.34. The molecular formula is C16H20N2O6. The van der Waals surface area contributed by atoms with E-state index in [1.807, 2.05) is 0 Å². The molecule has 2 aliphatic rings. The zero-order chi connectivity index (χ0) is 17.3. The molecule has 0 spiro atoms. The van der Waals surface area contributed by atoms with Gasteiger partial charge in [0.05, 0.1) is 32.9 Å². The van der Waals surface area contributed by atoms with Gasteiger partial charge in [-0.2, -0.15) is 0 Å². The van der Waals surface area contributed by atoms with Crippen molar-refractivity contribution in [1.82, 2.24) is 9.80 Å². The molecule has 24 heavy (non-hydrogen) atoms. The van der Waals surface area contributed by atoms with Crippen LogP contribution in [0, 0.1) is 0 Å². The van der Waals surface area contributed by atoms with Crippen LogP contribution >= 0.6 is 0 Å². The molecule has 0 aromatic heterocycles. The van der Waals surface area contributed by atoms with E-state index in [1.54, 1.807) is 21.9 Å². The van der Waals surface area contributed by atoms with E-state index in [-0.39, 0.29) is 18.0 Å². The van der Waals surface area contributed by atoms with Gasteiger partial charge in [0.2, 0.25) is 5.75 Å². The van der Waals surface area contributed by atoms with Crippen LogP contribution in [0.2, 0.25) is 0 Å². The highest BCUT2D eigenvalue weighted by molar-refractivity contribution is 5.98. The molecular weight excluding hydrogens is 316 g/mol. The summed E-state index contributed by atoms with van der Waals surface area (Å²) in [7, 11) is 4.50. The van der Waals surface area contributed by atoms with Gasteiger partial charge in [0.1, 0.15) is 6.61 Å². The molecule has 2 heterocycles. The molecule has 8 heteroatoms. The normalized spacial score (nSPS) is 19.6. The van der Waals surface area contributed by atoms with Crippen LogP contribution < -0.4 is 14.2 Å². The van der Waals surface area contributed by atoms with Crippen molar-refractivity contribution >= 4 is 12.0 Å². The second kappa shape index (κ2) is 6.46. The number of ether oxygens (including phenoxy) is 4. The van der Waals surface area contributed by atoms with Crippen molar-refractivity contribution in [2.45, 2.75) is 6.04 Å². The van der Waals surface area contributed by atoms with Gasteiger partial charge in [0.15, 0.2) is 11.5 Å². The van der Waals surface area contributed by atoms with E-state index in [9.17, 15) is 9.59 Å². The quantitative estimate of drug-likeness (QED) is 0.816. The first-order valence-corrected chi connectivity index (χ1v) is 7.62. The number of hydrogen-bond acceptors (Lipinski definition) is 6. The summed E-state index contributed by atoms with van der Waals surface area (Å²) in [6.45, 7) is 1.65. The minimum absolute atomic E-state index is 0.0960. The Kier molecular flexibility index (Phi) is 4.37. The average Bonchev–Trinajstić information content (AvgIpc) is 3.00. The molecule has 2 amide bonds. The molecule has 2 aliphatic heterocycles. The molecule has 0 unspecified atom stereocenters. The van der Waals surface area contributed by atoms with Gasteiger partial charge in [-0.15, -0.1) is 0 Å². The first kappa shape index (κ1) is 16.2. The smallest absolute Gasteiger partial charge is 0.410 e. The lowest BCUT2D eigenvalue weighted by Crippen LogP contribution is -2.53. The SMILES string of the molecule is COc1ccc(C(=O)N2CCN3C(=O)OC[C@H]3C2)c(OC)c1OC. The van der Waals surface area contributed by atoms with Crippen molar-refractivity contribution in [3.8, 4) is 17.2 Å². The van der Waals surface area contributed by atoms with E-state index in [4.69, 9.17) is 18.9 Å². The van der Waals surface area contributed by atoms with E-state index in [0.29, 0.717) is 49.1 Å². The van der Waals surface area contributed by atoms with Crippen LogP contribution in [0.3, 0.4) is 0 Å². The molecule has 2 fully saturated rings. The second-order valence-corrected chi connectivity index (χ2v) is 5.56. The van der Waals surface area contributed by atoms with Gasteiger partial charge < -0.3 is 23.8 Å². The standard InChI is InChI=1S/C16H20N2O6/c1-21-12-5-4-11(13(22-2)14(12)23-3)15(19)17-6-7-18-10(8-17)9-24-16(18)20/h4-5,10H,6-9H2,1-3H3/t10-/m1/s1. The molecule has 130 valence electrons. The third kappa shape index (κ3) is 2.57. The molecule has 0 aliphatic carbocycles. The van der Waals surface area contributed by atoms with Crippen LogP contribution in [0.5, 0.6) is 17.2 Å². The predicted octanol–water partition coefficient (Wildman–Crippen LogP) is 0.989. The van der Waals surface area contributed by atoms with Crippen molar-refractivity contribution in [3.63, 3.8) is 0 Å². The monoisotopic (exact) mass is 336 g/mol. The average molecular weight is 336 g/mol. The van der Waals surface area contributed by atoms with Crippen LogP contribution in [0.15, 0.2) is 12.1 Å². The van der Waals surface area contributed by atoms with E-state index in [1.165, 1.54) is 21.3 Å². The number of methoxy groups -OCH3 is 3. The number of carbonyl (C=O) groups excluding carboxylic acids is 2. The highest BCUT2D eigenvalue weighted by Gasteiger charge is 2.39. The van der Waals surface area contributed by atoms with Crippen LogP contribution in [-0.2, 0) is 4.74 Å². The molecule has 0 radical (unpaired) electrons. The van der Waals surface area contributed by atoms with Crippen molar-refractivity contribution < 1.29 is 28.5 Å². The van der Waals surface area contributed by atoms with Gasteiger partial charge in [-0.05, 0) is 12.1 Å². The first-order valence-electron chi connectivity index (χ1n) is 7.62. The van der Waals surface area contributed by atoms with Crippen molar-refractivity contribution in [2.75, 3.05) is 47.6 Å². The lowest BCUT2D eigenvalue weighted by Gasteiger charge is -2.35. The Hall–Kier alpha value is -2.64. The molecule has 0 N–H and O–H groups in total. The van der Waals surface area contributed by atoms with Gasteiger partial charge in [-0.1, -0.05) is 0 Å². The summed E-state index contributed by atoms with van der Waals surface area (Å²) in [5.41, 5.74) is 0.397. The molecule has 0 saturated carbocycles. The summed E-state index contributed by atoms with van der Waals surface area (Å²) < 4.78 is 21.0. The summed E-state index contributed by atoms with van der Waals surface area (Å²) in [6, 6.07) is 3.24. The largest absolute Gasteiger partial charge is 0.493 e. The molecule has 1 aromatic carbocycles. The number of fused-ring (bicyclic) bond motifs is 1. The van der Waals surface area contributed by atoms with Gasteiger partial charge in [-0.3, -0.25) is 9.69 Å². The minimum Gasteiger partial charge on any atom is -0.493 e. The van der Waals surface area contributed by atoms with Crippen LogP contribution in [0.25, 0.3) is 0 Å². The fraction of sp³-hybridized carbons (Fsp3) is 0.500. The third-order valence-corrected chi connectivity index (χ3v) is 4.34. The number of nitrogens with zero attached hydrogens (tertiary/aromatic N) is 2. The van der Waals surface area contributed by atoms with Crippen LogP contribution in [-0.4, -0.2) is 75.4 Å². The highest BCUT2D eigenvalue weighted by atomic mass is 16.6. The van der Waals surface area contributed by atoms with Crippen molar-refractivity contribution in [2.24, 2.45) is 0 Å². The molecule has 1 aromatic rings. The molecule has 1 atom stereocenters. The van der Waals surface area contributed by atoms with Crippen LogP contribution in [0.4, 0.5) is 4.79 Å². The second-order valence-electron chi connectivity index (χ2n) is 5.56. The molecule has 3 rings (SSSR count). The predicted molar refractivity (Wildman–Crippen MR) is 83.8 cm³/mol. The fourth-order valence-corrected chi connectivity index (χ4v) is 3.11. The number of hydrogen-bond donors (Lipinski definition) is 0. The van der Waals surface area contributed by atoms with Gasteiger partial charge in [0, 0.05) is 19.6 Å². The number of carbonyl (C=O) groups is 2. The Morgan fingerprint density at radius 2 is 1.88 bits per heavy atom. The molecule has 8 nitrogen and oxygen atoms in total. The Balaban J connectivity index is 1.86. The van der Waals surface area contributed by atoms with E-state index in [2.05, 4.69) is 0 Å². The molecule has 0 bridgehead atoms. The van der Waals surface area contributed by atoms with Gasteiger partial charge in [0.25, 0.3) is 5.91 Å². The Morgan fingerprint density at radius 3 is 2.54 bits per heavy atom. The van der Waals surface area contributed by atoms with Gasteiger partial charge >= 0.3 is 6.09 Å². The number of benzene rings is 1. The lowest BCUT2D eigenvalue weighted by molar-refractivity contribution is 0.0613. The maximum absolute atomic E-state index is 12.9.